The summed E-state index contributed by atoms with van der Waals surface area (Å²) in [6.45, 7) is 1.91. The number of hydrogen-bond donors (Lipinski definition) is 2. The summed E-state index contributed by atoms with van der Waals surface area (Å²) in [5.74, 6) is 0.957. The number of H-pyrrole nitrogens is 1. The van der Waals surface area contributed by atoms with E-state index < -0.39 is 0 Å². The molecular formula is C20H21N3O4. The number of aromatic amines is 1. The first-order chi connectivity index (χ1) is 13.0. The lowest BCUT2D eigenvalue weighted by Crippen LogP contribution is -2.35. The van der Waals surface area contributed by atoms with Crippen molar-refractivity contribution in [3.8, 4) is 11.5 Å². The third-order valence-corrected chi connectivity index (χ3v) is 4.28. The lowest BCUT2D eigenvalue weighted by atomic mass is 10.1. The molecule has 0 radical (unpaired) electrons. The lowest BCUT2D eigenvalue weighted by molar-refractivity contribution is 0.0936. The summed E-state index contributed by atoms with van der Waals surface area (Å²) >= 11 is 0. The van der Waals surface area contributed by atoms with Gasteiger partial charge in [0.05, 0.1) is 19.6 Å². The highest BCUT2D eigenvalue weighted by molar-refractivity contribution is 6.04. The average Bonchev–Trinajstić information content (AvgIpc) is 2.68. The number of carbonyl (C=O) groups excluding carboxylic acids is 1. The first kappa shape index (κ1) is 18.4. The van der Waals surface area contributed by atoms with Gasteiger partial charge in [0, 0.05) is 11.4 Å². The maximum absolute atomic E-state index is 12.7. The number of nitrogens with one attached hydrogen (secondary N) is 2. The molecule has 140 valence electrons. The van der Waals surface area contributed by atoms with Crippen LogP contribution >= 0.6 is 0 Å². The van der Waals surface area contributed by atoms with Crippen LogP contribution in [-0.4, -0.2) is 36.4 Å². The van der Waals surface area contributed by atoms with Crippen molar-refractivity contribution >= 4 is 16.7 Å². The molecule has 2 aromatic carbocycles. The van der Waals surface area contributed by atoms with E-state index in [1.807, 2.05) is 25.1 Å². The summed E-state index contributed by atoms with van der Waals surface area (Å²) in [4.78, 5) is 24.5. The van der Waals surface area contributed by atoms with Crippen molar-refractivity contribution in [1.82, 2.24) is 15.5 Å². The summed E-state index contributed by atoms with van der Waals surface area (Å²) < 4.78 is 10.5. The zero-order valence-electron chi connectivity index (χ0n) is 15.4. The third kappa shape index (κ3) is 3.92. The molecule has 1 heterocycles. The van der Waals surface area contributed by atoms with Crippen LogP contribution in [0.4, 0.5) is 0 Å². The lowest BCUT2D eigenvalue weighted by Gasteiger charge is -2.15. The molecule has 0 saturated heterocycles. The van der Waals surface area contributed by atoms with Crippen molar-refractivity contribution in [2.24, 2.45) is 0 Å². The highest BCUT2D eigenvalue weighted by atomic mass is 16.5. The van der Waals surface area contributed by atoms with E-state index in [0.29, 0.717) is 28.7 Å². The van der Waals surface area contributed by atoms with Crippen LogP contribution in [0, 0.1) is 0 Å². The van der Waals surface area contributed by atoms with Gasteiger partial charge >= 0.3 is 0 Å². The number of aromatic nitrogens is 2. The number of rotatable bonds is 6. The van der Waals surface area contributed by atoms with Crippen molar-refractivity contribution < 1.29 is 14.3 Å². The third-order valence-electron chi connectivity index (χ3n) is 4.28. The molecule has 3 aromatic rings. The normalized spacial score (nSPS) is 11.8. The van der Waals surface area contributed by atoms with Crippen molar-refractivity contribution in [1.29, 1.82) is 0 Å². The molecule has 0 bridgehead atoms. The molecule has 0 aliphatic heterocycles. The maximum Gasteiger partial charge on any atom is 0.272 e. The Morgan fingerprint density at radius 2 is 1.81 bits per heavy atom. The van der Waals surface area contributed by atoms with Gasteiger partial charge < -0.3 is 14.8 Å². The van der Waals surface area contributed by atoms with Crippen LogP contribution < -0.4 is 20.3 Å². The van der Waals surface area contributed by atoms with Gasteiger partial charge in [0.25, 0.3) is 11.5 Å². The molecule has 1 amide bonds. The number of nitrogens with zero attached hydrogens (tertiary/aromatic N) is 1. The van der Waals surface area contributed by atoms with Crippen molar-refractivity contribution in [2.75, 3.05) is 14.2 Å². The van der Waals surface area contributed by atoms with E-state index in [4.69, 9.17) is 9.47 Å². The van der Waals surface area contributed by atoms with E-state index in [1.54, 1.807) is 38.5 Å². The first-order valence-corrected chi connectivity index (χ1v) is 8.52. The van der Waals surface area contributed by atoms with Gasteiger partial charge in [-0.05, 0) is 37.1 Å². The Balaban J connectivity index is 1.77. The Morgan fingerprint density at radius 1 is 1.11 bits per heavy atom. The maximum atomic E-state index is 12.7. The van der Waals surface area contributed by atoms with Gasteiger partial charge in [0.15, 0.2) is 17.2 Å². The highest BCUT2D eigenvalue weighted by Crippen LogP contribution is 2.28. The molecular weight excluding hydrogens is 346 g/mol. The highest BCUT2D eigenvalue weighted by Gasteiger charge is 2.16. The standard InChI is InChI=1S/C20H21N3O4/c1-12(10-13-8-9-16(26-2)17(11-13)27-3)21-20(25)18-14-6-4-5-7-15(14)19(24)23-22-18/h4-9,11-12H,10H2,1-3H3,(H,21,25)(H,23,24)/t12-/m0/s1. The van der Waals surface area contributed by atoms with Crippen LogP contribution in [0.15, 0.2) is 47.3 Å². The number of amides is 1. The summed E-state index contributed by atoms with van der Waals surface area (Å²) in [6, 6.07) is 12.4. The van der Waals surface area contributed by atoms with Gasteiger partial charge in [-0.2, -0.15) is 5.10 Å². The zero-order chi connectivity index (χ0) is 19.4. The molecule has 7 heteroatoms. The van der Waals surface area contributed by atoms with Crippen LogP contribution in [0.5, 0.6) is 11.5 Å². The number of carbonyl (C=O) groups is 1. The first-order valence-electron chi connectivity index (χ1n) is 8.52. The second kappa shape index (κ2) is 7.90. The molecule has 0 aliphatic rings. The van der Waals surface area contributed by atoms with Crippen molar-refractivity contribution in [2.45, 2.75) is 19.4 Å². The Bertz CT molecular complexity index is 1030. The molecule has 0 fully saturated rings. The summed E-state index contributed by atoms with van der Waals surface area (Å²) in [6.07, 6.45) is 0.605. The van der Waals surface area contributed by atoms with Crippen LogP contribution in [0.1, 0.15) is 23.0 Å². The quantitative estimate of drug-likeness (QED) is 0.697. The average molecular weight is 367 g/mol. The summed E-state index contributed by atoms with van der Waals surface area (Å²) in [7, 11) is 3.17. The van der Waals surface area contributed by atoms with Gasteiger partial charge in [0.2, 0.25) is 0 Å². The minimum atomic E-state index is -0.338. The van der Waals surface area contributed by atoms with E-state index in [0.717, 1.165) is 5.56 Å². The number of fused-ring (bicyclic) bond motifs is 1. The largest absolute Gasteiger partial charge is 0.493 e. The van der Waals surface area contributed by atoms with E-state index in [-0.39, 0.29) is 23.2 Å². The van der Waals surface area contributed by atoms with E-state index in [1.165, 1.54) is 0 Å². The number of benzene rings is 2. The summed E-state index contributed by atoms with van der Waals surface area (Å²) in [5.41, 5.74) is 0.879. The SMILES string of the molecule is COc1ccc(C[C@H](C)NC(=O)c2n[nH]c(=O)c3ccccc23)cc1OC. The predicted molar refractivity (Wildman–Crippen MR) is 103 cm³/mol. The van der Waals surface area contributed by atoms with Crippen molar-refractivity contribution in [3.05, 3.63) is 64.1 Å². The van der Waals surface area contributed by atoms with Crippen LogP contribution in [0.2, 0.25) is 0 Å². The molecule has 0 spiro atoms. The molecule has 0 saturated carbocycles. The van der Waals surface area contributed by atoms with E-state index in [2.05, 4.69) is 15.5 Å². The topological polar surface area (TPSA) is 93.3 Å². The van der Waals surface area contributed by atoms with Crippen LogP contribution in [-0.2, 0) is 6.42 Å². The summed E-state index contributed by atoms with van der Waals surface area (Å²) in [5, 5.41) is 10.2. The van der Waals surface area contributed by atoms with E-state index in [9.17, 15) is 9.59 Å². The smallest absolute Gasteiger partial charge is 0.272 e. The monoisotopic (exact) mass is 367 g/mol. The number of hydrogen-bond acceptors (Lipinski definition) is 5. The zero-order valence-corrected chi connectivity index (χ0v) is 15.4. The molecule has 2 N–H and O–H groups in total. The molecule has 0 aliphatic carbocycles. The number of methoxy groups -OCH3 is 2. The van der Waals surface area contributed by atoms with Gasteiger partial charge in [-0.25, -0.2) is 5.10 Å². The molecule has 1 atom stereocenters. The molecule has 3 rings (SSSR count). The van der Waals surface area contributed by atoms with Gasteiger partial charge in [-0.15, -0.1) is 0 Å². The fourth-order valence-electron chi connectivity index (χ4n) is 2.99. The Labute approximate surface area is 156 Å². The van der Waals surface area contributed by atoms with Crippen LogP contribution in [0.3, 0.4) is 0 Å². The minimum absolute atomic E-state index is 0.150. The van der Waals surface area contributed by atoms with Gasteiger partial charge in [-0.1, -0.05) is 24.3 Å². The fourth-order valence-corrected chi connectivity index (χ4v) is 2.99. The Kier molecular flexibility index (Phi) is 5.40. The fraction of sp³-hybridized carbons (Fsp3) is 0.250. The number of ether oxygens (including phenoxy) is 2. The van der Waals surface area contributed by atoms with Crippen LogP contribution in [0.25, 0.3) is 10.8 Å². The molecule has 1 aromatic heterocycles. The van der Waals surface area contributed by atoms with E-state index >= 15 is 0 Å². The Morgan fingerprint density at radius 3 is 2.52 bits per heavy atom. The molecule has 27 heavy (non-hydrogen) atoms. The predicted octanol–water partition coefficient (Wildman–Crippen LogP) is 2.30. The molecule has 7 nitrogen and oxygen atoms in total. The Hall–Kier alpha value is -3.35. The second-order valence-electron chi connectivity index (χ2n) is 6.21. The second-order valence-corrected chi connectivity index (χ2v) is 6.21. The van der Waals surface area contributed by atoms with Gasteiger partial charge in [-0.3, -0.25) is 9.59 Å². The molecule has 0 unspecified atom stereocenters. The van der Waals surface area contributed by atoms with Gasteiger partial charge in [0.1, 0.15) is 0 Å². The van der Waals surface area contributed by atoms with Crippen molar-refractivity contribution in [3.63, 3.8) is 0 Å². The minimum Gasteiger partial charge on any atom is -0.493 e.